The minimum atomic E-state index is -0.818. The average molecular weight is 305 g/mol. The largest absolute Gasteiger partial charge is 0.456 e. The summed E-state index contributed by atoms with van der Waals surface area (Å²) in [5.41, 5.74) is 1.35. The van der Waals surface area contributed by atoms with E-state index in [0.29, 0.717) is 5.56 Å². The predicted molar refractivity (Wildman–Crippen MR) is 79.5 cm³/mol. The highest BCUT2D eigenvalue weighted by Gasteiger charge is 2.37. The number of nitrogens with one attached hydrogen (secondary N) is 1. The van der Waals surface area contributed by atoms with Crippen molar-refractivity contribution >= 4 is 16.9 Å². The fourth-order valence-electron chi connectivity index (χ4n) is 2.73. The number of benzene rings is 1. The van der Waals surface area contributed by atoms with Crippen LogP contribution >= 0.6 is 0 Å². The van der Waals surface area contributed by atoms with E-state index in [1.54, 1.807) is 13.1 Å². The molecule has 0 aliphatic carbocycles. The quantitative estimate of drug-likeness (QED) is 0.846. The lowest BCUT2D eigenvalue weighted by Crippen LogP contribution is -2.48. The van der Waals surface area contributed by atoms with E-state index in [1.807, 2.05) is 24.3 Å². The van der Waals surface area contributed by atoms with Crippen LogP contribution in [0.2, 0.25) is 0 Å². The van der Waals surface area contributed by atoms with Crippen molar-refractivity contribution in [2.45, 2.75) is 37.9 Å². The Hall–Kier alpha value is -1.89. The molecule has 1 aromatic heterocycles. The van der Waals surface area contributed by atoms with Crippen LogP contribution in [-0.4, -0.2) is 47.8 Å². The molecule has 1 saturated heterocycles. The smallest absolute Gasteiger partial charge is 0.340 e. The lowest BCUT2D eigenvalue weighted by Gasteiger charge is -2.36. The van der Waals surface area contributed by atoms with E-state index >= 15 is 0 Å². The standard InChI is InChI=1S/C16H19NO5/c1-9-14(7-13(18)16(20-2)21-9)22-15(19)11-8-17-12-6-4-3-5-10(11)12/h3-6,8-9,13-14,16-18H,7H2,1-2H3/t9?,13-,14+,16+/m0/s1. The lowest BCUT2D eigenvalue weighted by molar-refractivity contribution is -0.251. The molecule has 2 N–H and O–H groups in total. The third-order valence-electron chi connectivity index (χ3n) is 3.96. The number of aromatic nitrogens is 1. The monoisotopic (exact) mass is 305 g/mol. The Bertz CT molecular complexity index is 667. The van der Waals surface area contributed by atoms with Gasteiger partial charge in [-0.3, -0.25) is 0 Å². The molecule has 1 aliphatic heterocycles. The third kappa shape index (κ3) is 2.72. The molecular formula is C16H19NO5. The zero-order chi connectivity index (χ0) is 15.7. The van der Waals surface area contributed by atoms with E-state index in [2.05, 4.69) is 4.98 Å². The maximum absolute atomic E-state index is 12.4. The molecule has 1 unspecified atom stereocenters. The fourth-order valence-corrected chi connectivity index (χ4v) is 2.73. The highest BCUT2D eigenvalue weighted by Crippen LogP contribution is 2.25. The van der Waals surface area contributed by atoms with Gasteiger partial charge in [0, 0.05) is 30.6 Å². The van der Waals surface area contributed by atoms with Crippen molar-refractivity contribution in [1.82, 2.24) is 4.98 Å². The van der Waals surface area contributed by atoms with Gasteiger partial charge >= 0.3 is 5.97 Å². The topological polar surface area (TPSA) is 80.8 Å². The molecule has 1 aliphatic rings. The van der Waals surface area contributed by atoms with E-state index in [9.17, 15) is 9.90 Å². The molecule has 4 atom stereocenters. The van der Waals surface area contributed by atoms with Gasteiger partial charge in [-0.25, -0.2) is 4.79 Å². The number of para-hydroxylation sites is 1. The number of fused-ring (bicyclic) bond motifs is 1. The van der Waals surface area contributed by atoms with Gasteiger partial charge in [0.2, 0.25) is 0 Å². The summed E-state index contributed by atoms with van der Waals surface area (Å²) in [4.78, 5) is 15.4. The molecule has 2 heterocycles. The number of hydrogen-bond donors (Lipinski definition) is 2. The number of H-pyrrole nitrogens is 1. The van der Waals surface area contributed by atoms with E-state index < -0.39 is 24.5 Å². The van der Waals surface area contributed by atoms with Crippen molar-refractivity contribution < 1.29 is 24.1 Å². The Balaban J connectivity index is 1.74. The molecule has 0 amide bonds. The van der Waals surface area contributed by atoms with Gasteiger partial charge in [-0.15, -0.1) is 0 Å². The van der Waals surface area contributed by atoms with Crippen molar-refractivity contribution in [3.05, 3.63) is 36.0 Å². The van der Waals surface area contributed by atoms with Crippen LogP contribution in [0.4, 0.5) is 0 Å². The second-order valence-electron chi connectivity index (χ2n) is 5.44. The number of carbonyl (C=O) groups excluding carboxylic acids is 1. The van der Waals surface area contributed by atoms with Crippen LogP contribution in [0.5, 0.6) is 0 Å². The fraction of sp³-hybridized carbons (Fsp3) is 0.438. The summed E-state index contributed by atoms with van der Waals surface area (Å²) in [6.45, 7) is 1.80. The van der Waals surface area contributed by atoms with Crippen molar-refractivity contribution in [1.29, 1.82) is 0 Å². The van der Waals surface area contributed by atoms with Crippen LogP contribution in [0.1, 0.15) is 23.7 Å². The Labute approximate surface area is 128 Å². The predicted octanol–water partition coefficient (Wildman–Crippen LogP) is 1.84. The van der Waals surface area contributed by atoms with Gasteiger partial charge in [-0.1, -0.05) is 18.2 Å². The summed E-state index contributed by atoms with van der Waals surface area (Å²) >= 11 is 0. The Kier molecular flexibility index (Phi) is 4.15. The third-order valence-corrected chi connectivity index (χ3v) is 3.96. The van der Waals surface area contributed by atoms with Crippen LogP contribution in [0.15, 0.2) is 30.5 Å². The first kappa shape index (κ1) is 15.0. The Morgan fingerprint density at radius 1 is 1.41 bits per heavy atom. The zero-order valence-electron chi connectivity index (χ0n) is 12.5. The van der Waals surface area contributed by atoms with E-state index in [1.165, 1.54) is 7.11 Å². The molecule has 1 aromatic carbocycles. The second-order valence-corrected chi connectivity index (χ2v) is 5.44. The SMILES string of the molecule is CO[C@@H]1OC(C)[C@H](OC(=O)c2c[nH]c3ccccc23)C[C@@H]1O. The molecule has 0 bridgehead atoms. The Morgan fingerprint density at radius 3 is 2.95 bits per heavy atom. The number of aliphatic hydroxyl groups is 1. The minimum Gasteiger partial charge on any atom is -0.456 e. The van der Waals surface area contributed by atoms with Crippen molar-refractivity contribution in [3.63, 3.8) is 0 Å². The number of carbonyl (C=O) groups is 1. The summed E-state index contributed by atoms with van der Waals surface area (Å²) in [7, 11) is 1.47. The zero-order valence-corrected chi connectivity index (χ0v) is 12.5. The van der Waals surface area contributed by atoms with E-state index in [0.717, 1.165) is 10.9 Å². The van der Waals surface area contributed by atoms with Gasteiger partial charge in [0.05, 0.1) is 11.7 Å². The molecule has 2 aromatic rings. The minimum absolute atomic E-state index is 0.285. The molecule has 118 valence electrons. The van der Waals surface area contributed by atoms with Gasteiger partial charge in [-0.2, -0.15) is 0 Å². The number of methoxy groups -OCH3 is 1. The second kappa shape index (κ2) is 6.08. The maximum atomic E-state index is 12.4. The average Bonchev–Trinajstić information content (AvgIpc) is 2.94. The molecular weight excluding hydrogens is 286 g/mol. The highest BCUT2D eigenvalue weighted by atomic mass is 16.7. The first-order valence-corrected chi connectivity index (χ1v) is 7.23. The van der Waals surface area contributed by atoms with Gasteiger partial charge in [0.15, 0.2) is 6.29 Å². The molecule has 22 heavy (non-hydrogen) atoms. The van der Waals surface area contributed by atoms with Crippen LogP contribution in [-0.2, 0) is 14.2 Å². The lowest BCUT2D eigenvalue weighted by atomic mass is 10.0. The van der Waals surface area contributed by atoms with Gasteiger partial charge in [-0.05, 0) is 13.0 Å². The molecule has 0 saturated carbocycles. The summed E-state index contributed by atoms with van der Waals surface area (Å²) < 4.78 is 16.1. The maximum Gasteiger partial charge on any atom is 0.340 e. The van der Waals surface area contributed by atoms with E-state index in [4.69, 9.17) is 14.2 Å². The molecule has 3 rings (SSSR count). The molecule has 0 spiro atoms. The van der Waals surface area contributed by atoms with Crippen LogP contribution in [0.25, 0.3) is 10.9 Å². The number of aliphatic hydroxyl groups excluding tert-OH is 1. The van der Waals surface area contributed by atoms with Crippen molar-refractivity contribution in [3.8, 4) is 0 Å². The number of rotatable bonds is 3. The van der Waals surface area contributed by atoms with Gasteiger partial charge < -0.3 is 24.3 Å². The first-order chi connectivity index (χ1) is 10.6. The Morgan fingerprint density at radius 2 is 2.18 bits per heavy atom. The van der Waals surface area contributed by atoms with Gasteiger partial charge in [0.25, 0.3) is 0 Å². The molecule has 6 nitrogen and oxygen atoms in total. The summed E-state index contributed by atoms with van der Waals surface area (Å²) in [6, 6.07) is 7.52. The first-order valence-electron chi connectivity index (χ1n) is 7.23. The summed E-state index contributed by atoms with van der Waals surface area (Å²) in [6.07, 6.45) is -0.436. The number of esters is 1. The number of aromatic amines is 1. The molecule has 6 heteroatoms. The summed E-state index contributed by atoms with van der Waals surface area (Å²) in [5.74, 6) is -0.430. The highest BCUT2D eigenvalue weighted by molar-refractivity contribution is 6.04. The van der Waals surface area contributed by atoms with Crippen LogP contribution < -0.4 is 0 Å². The van der Waals surface area contributed by atoms with Gasteiger partial charge in [0.1, 0.15) is 12.2 Å². The van der Waals surface area contributed by atoms with E-state index in [-0.39, 0.29) is 12.5 Å². The van der Waals surface area contributed by atoms with Crippen LogP contribution in [0, 0.1) is 0 Å². The summed E-state index contributed by atoms with van der Waals surface area (Å²) in [5, 5.41) is 10.7. The van der Waals surface area contributed by atoms with Crippen molar-refractivity contribution in [2.24, 2.45) is 0 Å². The normalized spacial score (nSPS) is 28.7. The van der Waals surface area contributed by atoms with Crippen LogP contribution in [0.3, 0.4) is 0 Å². The number of hydrogen-bond acceptors (Lipinski definition) is 5. The molecule has 0 radical (unpaired) electrons. The number of ether oxygens (including phenoxy) is 3. The molecule has 1 fully saturated rings. The van der Waals surface area contributed by atoms with Crippen molar-refractivity contribution in [2.75, 3.05) is 7.11 Å².